The minimum atomic E-state index is -2.66. The molecular formula is C46H48O7S. The van der Waals surface area contributed by atoms with E-state index in [2.05, 4.69) is 48.5 Å². The van der Waals surface area contributed by atoms with Crippen LogP contribution in [0.15, 0.2) is 158 Å². The summed E-state index contributed by atoms with van der Waals surface area (Å²) in [5, 5.41) is 0. The number of methoxy groups -OCH3 is 4. The Morgan fingerprint density at radius 2 is 0.704 bits per heavy atom. The molecule has 0 unspecified atom stereocenters. The number of hydrogen-bond donors (Lipinski definition) is 0. The van der Waals surface area contributed by atoms with Crippen molar-refractivity contribution in [2.75, 3.05) is 39.9 Å². The highest BCUT2D eigenvalue weighted by atomic mass is 32.2. The third-order valence-electron chi connectivity index (χ3n) is 9.47. The Balaban J connectivity index is 0.000000730. The van der Waals surface area contributed by atoms with Crippen LogP contribution in [0.5, 0.6) is 23.0 Å². The number of hydrogen-bond acceptors (Lipinski definition) is 7. The maximum absolute atomic E-state index is 10.4. The average molecular weight is 745 g/mol. The summed E-state index contributed by atoms with van der Waals surface area (Å²) in [6, 6.07) is 52.8. The van der Waals surface area contributed by atoms with Gasteiger partial charge in [-0.3, -0.25) is 0 Å². The fourth-order valence-electron chi connectivity index (χ4n) is 6.75. The summed E-state index contributed by atoms with van der Waals surface area (Å²) in [5.41, 5.74) is 2.62. The van der Waals surface area contributed by atoms with Gasteiger partial charge in [0.25, 0.3) is 0 Å². The molecule has 0 aliphatic heterocycles. The van der Waals surface area contributed by atoms with Crippen molar-refractivity contribution in [2.24, 2.45) is 0 Å². The number of benzene rings is 6. The monoisotopic (exact) mass is 744 g/mol. The molecule has 6 rings (SSSR count). The summed E-state index contributed by atoms with van der Waals surface area (Å²) in [6.45, 7) is 3.30. The molecule has 0 spiro atoms. The third-order valence-corrected chi connectivity index (χ3v) is 11.2. The summed E-state index contributed by atoms with van der Waals surface area (Å²) in [7, 11) is 3.96. The Labute approximate surface area is 320 Å². The fraction of sp³-hybridized carbons (Fsp3) is 0.217. The molecule has 0 aliphatic carbocycles. The van der Waals surface area contributed by atoms with Gasteiger partial charge in [-0.15, -0.1) is 0 Å². The molecule has 0 saturated heterocycles. The van der Waals surface area contributed by atoms with E-state index in [9.17, 15) is 8.42 Å². The summed E-state index contributed by atoms with van der Waals surface area (Å²) in [4.78, 5) is 0. The molecule has 0 N–H and O–H groups in total. The summed E-state index contributed by atoms with van der Waals surface area (Å²) in [5.74, 6) is 2.85. The molecule has 8 heteroatoms. The Hall–Kier alpha value is -5.57. The minimum Gasteiger partial charge on any atom is -0.493 e. The summed E-state index contributed by atoms with van der Waals surface area (Å²) < 4.78 is 53.0. The first-order chi connectivity index (χ1) is 26.3. The van der Waals surface area contributed by atoms with Gasteiger partial charge in [-0.25, -0.2) is 8.42 Å². The molecule has 0 radical (unpaired) electrons. The Kier molecular flexibility index (Phi) is 13.2. The van der Waals surface area contributed by atoms with E-state index < -0.39 is 21.0 Å². The third kappa shape index (κ3) is 7.86. The van der Waals surface area contributed by atoms with Crippen molar-refractivity contribution in [3.8, 4) is 23.0 Å². The van der Waals surface area contributed by atoms with Crippen molar-refractivity contribution >= 4 is 9.84 Å². The molecule has 7 nitrogen and oxygen atoms in total. The van der Waals surface area contributed by atoms with Crippen LogP contribution in [0.1, 0.15) is 47.2 Å². The van der Waals surface area contributed by atoms with E-state index in [0.717, 1.165) is 33.4 Å². The van der Waals surface area contributed by atoms with Gasteiger partial charge in [0.05, 0.1) is 28.4 Å². The lowest BCUT2D eigenvalue weighted by atomic mass is 9.74. The SMILES string of the molecule is CCS(=O)(=O)CC.COc1cccc(C(OC(c2ccccc2)(c2ccccc2)c2cccc(OC)c2OC)(c2ccccc2)c2ccccc2)c1OC. The largest absolute Gasteiger partial charge is 0.493 e. The van der Waals surface area contributed by atoms with Crippen molar-refractivity contribution in [2.45, 2.75) is 25.0 Å². The van der Waals surface area contributed by atoms with Gasteiger partial charge in [0.2, 0.25) is 0 Å². The van der Waals surface area contributed by atoms with Crippen molar-refractivity contribution < 1.29 is 32.1 Å². The van der Waals surface area contributed by atoms with Crippen LogP contribution in [-0.2, 0) is 25.8 Å². The molecule has 6 aromatic rings. The number of para-hydroxylation sites is 2. The normalized spacial score (nSPS) is 11.5. The van der Waals surface area contributed by atoms with Crippen LogP contribution in [0.2, 0.25) is 0 Å². The molecule has 0 aliphatic rings. The van der Waals surface area contributed by atoms with Crippen LogP contribution in [0, 0.1) is 0 Å². The second kappa shape index (κ2) is 18.0. The molecule has 280 valence electrons. The van der Waals surface area contributed by atoms with E-state index in [-0.39, 0.29) is 11.5 Å². The van der Waals surface area contributed by atoms with Gasteiger partial charge in [-0.1, -0.05) is 159 Å². The van der Waals surface area contributed by atoms with E-state index in [1.54, 1.807) is 42.3 Å². The first-order valence-electron chi connectivity index (χ1n) is 17.8. The highest BCUT2D eigenvalue weighted by Gasteiger charge is 2.51. The zero-order valence-corrected chi connectivity index (χ0v) is 32.5. The van der Waals surface area contributed by atoms with Crippen molar-refractivity contribution in [1.29, 1.82) is 0 Å². The van der Waals surface area contributed by atoms with Crippen LogP contribution < -0.4 is 18.9 Å². The molecule has 0 bridgehead atoms. The summed E-state index contributed by atoms with van der Waals surface area (Å²) >= 11 is 0. The van der Waals surface area contributed by atoms with E-state index in [0.29, 0.717) is 23.0 Å². The highest BCUT2D eigenvalue weighted by Crippen LogP contribution is 2.56. The number of ether oxygens (including phenoxy) is 5. The lowest BCUT2D eigenvalue weighted by Gasteiger charge is -2.47. The smallest absolute Gasteiger partial charge is 0.167 e. The number of sulfone groups is 1. The Bertz CT molecular complexity index is 1940. The number of rotatable bonds is 14. The maximum atomic E-state index is 10.4. The average Bonchev–Trinajstić information content (AvgIpc) is 3.25. The zero-order valence-electron chi connectivity index (χ0n) is 31.7. The van der Waals surface area contributed by atoms with Crippen molar-refractivity contribution in [1.82, 2.24) is 0 Å². The van der Waals surface area contributed by atoms with Crippen molar-refractivity contribution in [3.63, 3.8) is 0 Å². The van der Waals surface area contributed by atoms with Crippen LogP contribution >= 0.6 is 0 Å². The Morgan fingerprint density at radius 3 is 0.926 bits per heavy atom. The first-order valence-corrected chi connectivity index (χ1v) is 19.6. The molecule has 0 aromatic heterocycles. The second-order valence-electron chi connectivity index (χ2n) is 12.3. The first kappa shape index (κ1) is 39.6. The predicted molar refractivity (Wildman–Crippen MR) is 216 cm³/mol. The maximum Gasteiger partial charge on any atom is 0.167 e. The van der Waals surface area contributed by atoms with E-state index >= 15 is 0 Å². The predicted octanol–water partition coefficient (Wildman–Crippen LogP) is 9.46. The van der Waals surface area contributed by atoms with Crippen LogP contribution in [0.3, 0.4) is 0 Å². The standard InChI is InChI=1S/C42H38O5.C4H10O2S/c1-43-37-29-17-27-35(39(37)45-3)41(31-19-9-5-10-20-31,32-21-11-6-12-22-32)47-42(33-23-13-7-14-24-33,34-25-15-8-16-26-34)36-28-18-30-38(44-2)40(36)46-4;1-3-7(5,6)4-2/h5-30H,1-4H3;3-4H2,1-2H3. The van der Waals surface area contributed by atoms with Crippen molar-refractivity contribution in [3.05, 3.63) is 191 Å². The second-order valence-corrected chi connectivity index (χ2v) is 15.0. The van der Waals surface area contributed by atoms with Gasteiger partial charge < -0.3 is 23.7 Å². The zero-order chi connectivity index (χ0) is 38.6. The van der Waals surface area contributed by atoms with Crippen LogP contribution in [0.25, 0.3) is 0 Å². The van der Waals surface area contributed by atoms with Gasteiger partial charge in [0.1, 0.15) is 21.0 Å². The van der Waals surface area contributed by atoms with Gasteiger partial charge in [-0.05, 0) is 34.4 Å². The molecule has 0 saturated carbocycles. The molecule has 54 heavy (non-hydrogen) atoms. The molecule has 0 atom stereocenters. The van der Waals surface area contributed by atoms with E-state index in [1.807, 2.05) is 109 Å². The van der Waals surface area contributed by atoms with Crippen LogP contribution in [-0.4, -0.2) is 48.4 Å². The molecule has 0 heterocycles. The highest BCUT2D eigenvalue weighted by molar-refractivity contribution is 7.91. The molecule has 0 amide bonds. The fourth-order valence-corrected chi connectivity index (χ4v) is 7.16. The van der Waals surface area contributed by atoms with E-state index in [1.165, 1.54) is 0 Å². The van der Waals surface area contributed by atoms with Gasteiger partial charge in [0.15, 0.2) is 23.0 Å². The Morgan fingerprint density at radius 1 is 0.407 bits per heavy atom. The van der Waals surface area contributed by atoms with Crippen LogP contribution in [0.4, 0.5) is 0 Å². The lowest BCUT2D eigenvalue weighted by molar-refractivity contribution is -0.0828. The molecular weight excluding hydrogens is 697 g/mol. The summed E-state index contributed by atoms with van der Waals surface area (Å²) in [6.07, 6.45) is 0. The van der Waals surface area contributed by atoms with Gasteiger partial charge in [0, 0.05) is 22.6 Å². The van der Waals surface area contributed by atoms with Gasteiger partial charge >= 0.3 is 0 Å². The quantitative estimate of drug-likeness (QED) is 0.103. The van der Waals surface area contributed by atoms with E-state index in [4.69, 9.17) is 23.7 Å². The topological polar surface area (TPSA) is 80.3 Å². The lowest BCUT2D eigenvalue weighted by Crippen LogP contribution is -2.45. The van der Waals surface area contributed by atoms with Gasteiger partial charge in [-0.2, -0.15) is 0 Å². The molecule has 0 fully saturated rings. The molecule has 6 aromatic carbocycles. The minimum absolute atomic E-state index is 0.267.